The summed E-state index contributed by atoms with van der Waals surface area (Å²) in [6, 6.07) is 3.93. The number of nitrogens with zero attached hydrogens (tertiary/aromatic N) is 4. The van der Waals surface area contributed by atoms with E-state index >= 15 is 0 Å². The Kier molecular flexibility index (Phi) is 8.10. The van der Waals surface area contributed by atoms with E-state index in [-0.39, 0.29) is 0 Å². The Hall–Kier alpha value is -2.57. The van der Waals surface area contributed by atoms with Crippen LogP contribution < -0.4 is 15.4 Å². The zero-order valence-electron chi connectivity index (χ0n) is 17.2. The van der Waals surface area contributed by atoms with Crippen LogP contribution in [0.25, 0.3) is 0 Å². The van der Waals surface area contributed by atoms with Crippen molar-refractivity contribution in [3.05, 3.63) is 40.8 Å². The van der Waals surface area contributed by atoms with Gasteiger partial charge in [0.15, 0.2) is 5.96 Å². The Morgan fingerprint density at radius 2 is 2.07 bits per heavy atom. The van der Waals surface area contributed by atoms with Gasteiger partial charge in [-0.05, 0) is 33.3 Å². The molecule has 0 amide bonds. The molecule has 0 spiro atoms. The molecule has 2 aromatic rings. The molecule has 7 heteroatoms. The number of guanidine groups is 1. The fraction of sp³-hybridized carbons (Fsp3) is 0.550. The average Bonchev–Trinajstić information content (AvgIpc) is 2.90. The molecular formula is C20H32N6O. The normalized spacial score (nSPS) is 11.5. The molecular weight excluding hydrogens is 340 g/mol. The van der Waals surface area contributed by atoms with E-state index in [0.29, 0.717) is 25.6 Å². The zero-order chi connectivity index (χ0) is 19.6. The van der Waals surface area contributed by atoms with Crippen molar-refractivity contribution >= 4 is 5.96 Å². The lowest BCUT2D eigenvalue weighted by Crippen LogP contribution is -2.37. The van der Waals surface area contributed by atoms with E-state index in [1.54, 1.807) is 6.20 Å². The van der Waals surface area contributed by atoms with Crippen LogP contribution in [0.15, 0.2) is 23.3 Å². The third-order valence-electron chi connectivity index (χ3n) is 4.43. The first-order valence-electron chi connectivity index (χ1n) is 9.64. The number of hydrogen-bond acceptors (Lipinski definition) is 4. The number of ether oxygens (including phenoxy) is 1. The van der Waals surface area contributed by atoms with Gasteiger partial charge in [0, 0.05) is 43.2 Å². The number of aromatic nitrogens is 3. The second-order valence-electron chi connectivity index (χ2n) is 6.49. The summed E-state index contributed by atoms with van der Waals surface area (Å²) < 4.78 is 7.71. The van der Waals surface area contributed by atoms with Crippen molar-refractivity contribution in [2.45, 2.75) is 53.6 Å². The highest BCUT2D eigenvalue weighted by atomic mass is 16.5. The van der Waals surface area contributed by atoms with Crippen LogP contribution in [-0.2, 0) is 20.1 Å². The van der Waals surface area contributed by atoms with Crippen molar-refractivity contribution < 1.29 is 4.74 Å². The number of aryl methyl sites for hydroxylation is 2. The number of pyridine rings is 1. The monoisotopic (exact) mass is 372 g/mol. The summed E-state index contributed by atoms with van der Waals surface area (Å²) in [6.45, 7) is 11.0. The first-order chi connectivity index (χ1) is 13.1. The lowest BCUT2D eigenvalue weighted by molar-refractivity contribution is 0.294. The van der Waals surface area contributed by atoms with E-state index in [4.69, 9.17) is 9.73 Å². The maximum Gasteiger partial charge on any atom is 0.218 e. The van der Waals surface area contributed by atoms with Gasteiger partial charge < -0.3 is 15.4 Å². The summed E-state index contributed by atoms with van der Waals surface area (Å²) >= 11 is 0. The predicted octanol–water partition coefficient (Wildman–Crippen LogP) is 2.87. The Morgan fingerprint density at radius 1 is 1.26 bits per heavy atom. The van der Waals surface area contributed by atoms with Crippen molar-refractivity contribution in [2.75, 3.05) is 13.2 Å². The van der Waals surface area contributed by atoms with Crippen molar-refractivity contribution in [3.63, 3.8) is 0 Å². The molecule has 0 saturated carbocycles. The van der Waals surface area contributed by atoms with Gasteiger partial charge in [0.2, 0.25) is 5.88 Å². The third-order valence-corrected chi connectivity index (χ3v) is 4.43. The molecule has 0 bridgehead atoms. The number of nitrogens with one attached hydrogen (secondary N) is 2. The highest BCUT2D eigenvalue weighted by Crippen LogP contribution is 2.16. The predicted molar refractivity (Wildman–Crippen MR) is 109 cm³/mol. The highest BCUT2D eigenvalue weighted by Gasteiger charge is 2.10. The molecule has 2 rings (SSSR count). The van der Waals surface area contributed by atoms with Gasteiger partial charge in [0.25, 0.3) is 0 Å². The van der Waals surface area contributed by atoms with Gasteiger partial charge in [-0.2, -0.15) is 5.10 Å². The average molecular weight is 373 g/mol. The van der Waals surface area contributed by atoms with Gasteiger partial charge in [-0.3, -0.25) is 4.68 Å². The molecule has 0 atom stereocenters. The molecule has 0 aliphatic rings. The molecule has 148 valence electrons. The lowest BCUT2D eigenvalue weighted by atomic mass is 10.2. The van der Waals surface area contributed by atoms with Gasteiger partial charge in [-0.25, -0.2) is 9.98 Å². The zero-order valence-corrected chi connectivity index (χ0v) is 17.2. The van der Waals surface area contributed by atoms with Gasteiger partial charge in [0.1, 0.15) is 0 Å². The molecule has 2 heterocycles. The smallest absolute Gasteiger partial charge is 0.218 e. The SMILES string of the molecule is CCCCOc1ncccc1CN=C(NCC)NCc1c(C)nn(C)c1C. The van der Waals surface area contributed by atoms with Gasteiger partial charge >= 0.3 is 0 Å². The minimum absolute atomic E-state index is 0.510. The van der Waals surface area contributed by atoms with E-state index in [2.05, 4.69) is 41.5 Å². The Morgan fingerprint density at radius 3 is 2.74 bits per heavy atom. The lowest BCUT2D eigenvalue weighted by Gasteiger charge is -2.13. The Bertz CT molecular complexity index is 753. The third kappa shape index (κ3) is 5.98. The molecule has 2 N–H and O–H groups in total. The van der Waals surface area contributed by atoms with Gasteiger partial charge in [0.05, 0.1) is 18.8 Å². The molecule has 0 unspecified atom stereocenters. The second-order valence-corrected chi connectivity index (χ2v) is 6.49. The Labute approximate surface area is 162 Å². The van der Waals surface area contributed by atoms with Crippen molar-refractivity contribution in [1.29, 1.82) is 0 Å². The molecule has 27 heavy (non-hydrogen) atoms. The minimum Gasteiger partial charge on any atom is -0.477 e. The molecule has 7 nitrogen and oxygen atoms in total. The first-order valence-corrected chi connectivity index (χ1v) is 9.64. The Balaban J connectivity index is 2.05. The summed E-state index contributed by atoms with van der Waals surface area (Å²) in [5.41, 5.74) is 4.39. The van der Waals surface area contributed by atoms with Crippen molar-refractivity contribution in [2.24, 2.45) is 12.0 Å². The van der Waals surface area contributed by atoms with Crippen LogP contribution in [0.1, 0.15) is 49.2 Å². The summed E-state index contributed by atoms with van der Waals surface area (Å²) in [6.07, 6.45) is 3.88. The van der Waals surface area contributed by atoms with E-state index in [9.17, 15) is 0 Å². The fourth-order valence-electron chi connectivity index (χ4n) is 2.74. The van der Waals surface area contributed by atoms with Crippen molar-refractivity contribution in [1.82, 2.24) is 25.4 Å². The molecule has 0 fully saturated rings. The van der Waals surface area contributed by atoms with E-state index < -0.39 is 0 Å². The minimum atomic E-state index is 0.510. The van der Waals surface area contributed by atoms with Crippen LogP contribution >= 0.6 is 0 Å². The maximum atomic E-state index is 5.80. The molecule has 0 aromatic carbocycles. The largest absolute Gasteiger partial charge is 0.477 e. The van der Waals surface area contributed by atoms with Crippen LogP contribution in [0.4, 0.5) is 0 Å². The summed E-state index contributed by atoms with van der Waals surface area (Å²) in [5, 5.41) is 11.2. The highest BCUT2D eigenvalue weighted by molar-refractivity contribution is 5.79. The van der Waals surface area contributed by atoms with Crippen LogP contribution in [0.2, 0.25) is 0 Å². The van der Waals surface area contributed by atoms with Crippen LogP contribution in [0, 0.1) is 13.8 Å². The second kappa shape index (κ2) is 10.5. The van der Waals surface area contributed by atoms with E-state index in [0.717, 1.165) is 42.3 Å². The van der Waals surface area contributed by atoms with Gasteiger partial charge in [-0.1, -0.05) is 19.4 Å². The molecule has 0 saturated heterocycles. The summed E-state index contributed by atoms with van der Waals surface area (Å²) in [4.78, 5) is 9.05. The molecule has 2 aromatic heterocycles. The summed E-state index contributed by atoms with van der Waals surface area (Å²) in [5.74, 6) is 1.44. The quantitative estimate of drug-likeness (QED) is 0.402. The van der Waals surface area contributed by atoms with Crippen LogP contribution in [-0.4, -0.2) is 33.9 Å². The van der Waals surface area contributed by atoms with Crippen LogP contribution in [0.3, 0.4) is 0 Å². The maximum absolute atomic E-state index is 5.80. The number of hydrogen-bond donors (Lipinski definition) is 2. The molecule has 0 aliphatic heterocycles. The van der Waals surface area contributed by atoms with E-state index in [1.165, 1.54) is 5.56 Å². The number of aliphatic imine (C=N–C) groups is 1. The molecule has 0 aliphatic carbocycles. The topological polar surface area (TPSA) is 76.4 Å². The van der Waals surface area contributed by atoms with Gasteiger partial charge in [-0.15, -0.1) is 0 Å². The molecule has 0 radical (unpaired) electrons. The first kappa shape index (κ1) is 20.7. The van der Waals surface area contributed by atoms with Crippen LogP contribution in [0.5, 0.6) is 5.88 Å². The fourth-order valence-corrected chi connectivity index (χ4v) is 2.74. The van der Waals surface area contributed by atoms with Crippen molar-refractivity contribution in [3.8, 4) is 5.88 Å². The number of unbranched alkanes of at least 4 members (excludes halogenated alkanes) is 1. The van der Waals surface area contributed by atoms with E-state index in [1.807, 2.05) is 30.8 Å². The standard InChI is InChI=1S/C20H32N6O/c1-6-8-12-27-19-17(10-9-11-22-19)13-23-20(21-7-2)24-14-18-15(3)25-26(5)16(18)4/h9-11H,6-8,12-14H2,1-5H3,(H2,21,23,24). The number of rotatable bonds is 9. The summed E-state index contributed by atoms with van der Waals surface area (Å²) in [7, 11) is 1.97.